The van der Waals surface area contributed by atoms with Crippen molar-refractivity contribution in [3.05, 3.63) is 41.1 Å². The number of carbonyl (C=O) groups excluding carboxylic acids is 1. The maximum atomic E-state index is 12.6. The van der Waals surface area contributed by atoms with Crippen LogP contribution < -0.4 is 10.1 Å². The molecule has 0 unspecified atom stereocenters. The third kappa shape index (κ3) is 4.00. The first-order valence-electron chi connectivity index (χ1n) is 8.59. The lowest BCUT2D eigenvalue weighted by Gasteiger charge is -2.23. The van der Waals surface area contributed by atoms with Crippen LogP contribution in [0.2, 0.25) is 0 Å². The molecule has 0 aliphatic carbocycles. The fourth-order valence-corrected chi connectivity index (χ4v) is 3.89. The van der Waals surface area contributed by atoms with E-state index in [9.17, 15) is 4.79 Å². The molecule has 1 aromatic heterocycles. The van der Waals surface area contributed by atoms with E-state index < -0.39 is 0 Å². The van der Waals surface area contributed by atoms with Crippen LogP contribution in [0.4, 0.5) is 5.82 Å². The van der Waals surface area contributed by atoms with E-state index in [1.807, 2.05) is 47.6 Å². The Bertz CT molecular complexity index is 760. The van der Waals surface area contributed by atoms with E-state index in [1.54, 1.807) is 0 Å². The molecule has 1 amide bonds. The number of hydrogen-bond acceptors (Lipinski definition) is 4. The SMILES string of the molecule is CCOc1ccc(CC(=O)Nc2c3c(nn2C(C)(C)C)CSC3)cc1. The number of amides is 1. The summed E-state index contributed by atoms with van der Waals surface area (Å²) < 4.78 is 7.39. The van der Waals surface area contributed by atoms with Crippen LogP contribution in [-0.2, 0) is 28.3 Å². The fraction of sp³-hybridized carbons (Fsp3) is 0.474. The Labute approximate surface area is 153 Å². The summed E-state index contributed by atoms with van der Waals surface area (Å²) in [5.74, 6) is 3.48. The van der Waals surface area contributed by atoms with Gasteiger partial charge in [0.2, 0.25) is 5.91 Å². The standard InChI is InChI=1S/C19H25N3O2S/c1-5-24-14-8-6-13(7-9-14)10-17(23)20-18-15-11-25-12-16(15)21-22(18)19(2,3)4/h6-9H,5,10-12H2,1-4H3,(H,20,23). The maximum Gasteiger partial charge on any atom is 0.229 e. The van der Waals surface area contributed by atoms with Gasteiger partial charge in [0.25, 0.3) is 0 Å². The van der Waals surface area contributed by atoms with Crippen LogP contribution >= 0.6 is 11.8 Å². The summed E-state index contributed by atoms with van der Waals surface area (Å²) in [5.41, 5.74) is 3.06. The first-order valence-corrected chi connectivity index (χ1v) is 9.74. The summed E-state index contributed by atoms with van der Waals surface area (Å²) in [6.07, 6.45) is 0.337. The molecule has 1 aliphatic rings. The van der Waals surface area contributed by atoms with Gasteiger partial charge in [-0.1, -0.05) is 12.1 Å². The molecule has 0 radical (unpaired) electrons. The Morgan fingerprint density at radius 2 is 2.00 bits per heavy atom. The van der Waals surface area contributed by atoms with Crippen LogP contribution in [0.5, 0.6) is 5.75 Å². The average Bonchev–Trinajstić information content (AvgIpc) is 3.12. The van der Waals surface area contributed by atoms with Gasteiger partial charge in [-0.25, -0.2) is 4.68 Å². The molecular weight excluding hydrogens is 334 g/mol. The number of nitrogens with one attached hydrogen (secondary N) is 1. The van der Waals surface area contributed by atoms with Crippen molar-refractivity contribution in [1.29, 1.82) is 0 Å². The lowest BCUT2D eigenvalue weighted by atomic mass is 10.1. The minimum Gasteiger partial charge on any atom is -0.494 e. The summed E-state index contributed by atoms with van der Waals surface area (Å²) in [5, 5.41) is 7.82. The summed E-state index contributed by atoms with van der Waals surface area (Å²) in [6, 6.07) is 7.68. The van der Waals surface area contributed by atoms with Gasteiger partial charge in [0.1, 0.15) is 11.6 Å². The summed E-state index contributed by atoms with van der Waals surface area (Å²) >= 11 is 1.84. The van der Waals surface area contributed by atoms with Gasteiger partial charge >= 0.3 is 0 Å². The van der Waals surface area contributed by atoms with E-state index in [4.69, 9.17) is 9.84 Å². The van der Waals surface area contributed by atoms with E-state index in [1.165, 1.54) is 5.56 Å². The molecule has 25 heavy (non-hydrogen) atoms. The van der Waals surface area contributed by atoms with Crippen LogP contribution in [0.3, 0.4) is 0 Å². The molecular formula is C19H25N3O2S. The zero-order valence-electron chi connectivity index (χ0n) is 15.3. The average molecular weight is 359 g/mol. The van der Waals surface area contributed by atoms with Crippen molar-refractivity contribution in [1.82, 2.24) is 9.78 Å². The third-order valence-electron chi connectivity index (χ3n) is 4.04. The lowest BCUT2D eigenvalue weighted by Crippen LogP contribution is -2.27. The van der Waals surface area contributed by atoms with Crippen molar-refractivity contribution < 1.29 is 9.53 Å². The minimum absolute atomic E-state index is 0.0192. The summed E-state index contributed by atoms with van der Waals surface area (Å²) in [7, 11) is 0. The molecule has 0 spiro atoms. The predicted molar refractivity (Wildman–Crippen MR) is 102 cm³/mol. The van der Waals surface area contributed by atoms with Gasteiger partial charge in [0.15, 0.2) is 0 Å². The first kappa shape index (κ1) is 17.9. The Morgan fingerprint density at radius 3 is 2.64 bits per heavy atom. The lowest BCUT2D eigenvalue weighted by molar-refractivity contribution is -0.115. The molecule has 2 heterocycles. The molecule has 0 fully saturated rings. The van der Waals surface area contributed by atoms with Crippen LogP contribution in [0.25, 0.3) is 0 Å². The van der Waals surface area contributed by atoms with Gasteiger partial charge in [-0.15, -0.1) is 0 Å². The van der Waals surface area contributed by atoms with E-state index in [-0.39, 0.29) is 11.4 Å². The topological polar surface area (TPSA) is 56.1 Å². The number of aromatic nitrogens is 2. The van der Waals surface area contributed by atoms with Gasteiger partial charge < -0.3 is 10.1 Å². The Morgan fingerprint density at radius 1 is 1.28 bits per heavy atom. The number of anilines is 1. The normalized spacial score (nSPS) is 13.6. The van der Waals surface area contributed by atoms with Crippen LogP contribution in [0, 0.1) is 0 Å². The smallest absolute Gasteiger partial charge is 0.229 e. The van der Waals surface area contributed by atoms with Crippen molar-refractivity contribution in [2.75, 3.05) is 11.9 Å². The minimum atomic E-state index is -0.170. The van der Waals surface area contributed by atoms with Crippen molar-refractivity contribution in [3.63, 3.8) is 0 Å². The number of carbonyl (C=O) groups is 1. The molecule has 3 rings (SSSR count). The van der Waals surface area contributed by atoms with Crippen molar-refractivity contribution >= 4 is 23.5 Å². The van der Waals surface area contributed by atoms with Crippen LogP contribution in [0.1, 0.15) is 44.5 Å². The molecule has 2 aromatic rings. The molecule has 5 nitrogen and oxygen atoms in total. The summed E-state index contributed by atoms with van der Waals surface area (Å²) in [6.45, 7) is 8.90. The van der Waals surface area contributed by atoms with E-state index in [0.29, 0.717) is 13.0 Å². The fourth-order valence-electron chi connectivity index (χ4n) is 2.86. The highest BCUT2D eigenvalue weighted by atomic mass is 32.2. The van der Waals surface area contributed by atoms with Crippen molar-refractivity contribution in [3.8, 4) is 5.75 Å². The van der Waals surface area contributed by atoms with Crippen molar-refractivity contribution in [2.24, 2.45) is 0 Å². The van der Waals surface area contributed by atoms with Crippen LogP contribution in [-0.4, -0.2) is 22.3 Å². The number of rotatable bonds is 5. The van der Waals surface area contributed by atoms with Gasteiger partial charge in [0, 0.05) is 17.1 Å². The van der Waals surface area contributed by atoms with Crippen LogP contribution in [0.15, 0.2) is 24.3 Å². The van der Waals surface area contributed by atoms with E-state index >= 15 is 0 Å². The third-order valence-corrected chi connectivity index (χ3v) is 5.01. The second kappa shape index (κ2) is 7.12. The van der Waals surface area contributed by atoms with Crippen molar-refractivity contribution in [2.45, 2.75) is 51.2 Å². The monoisotopic (exact) mass is 359 g/mol. The molecule has 1 N–H and O–H groups in total. The molecule has 0 saturated heterocycles. The van der Waals surface area contributed by atoms with Gasteiger partial charge in [-0.05, 0) is 45.4 Å². The number of hydrogen-bond donors (Lipinski definition) is 1. The Hall–Kier alpha value is -1.95. The molecule has 1 aromatic carbocycles. The highest BCUT2D eigenvalue weighted by Gasteiger charge is 2.28. The number of fused-ring (bicyclic) bond motifs is 1. The predicted octanol–water partition coefficient (Wildman–Crippen LogP) is 3.96. The van der Waals surface area contributed by atoms with E-state index in [2.05, 4.69) is 26.1 Å². The molecule has 1 aliphatic heterocycles. The number of benzene rings is 1. The number of thioether (sulfide) groups is 1. The highest BCUT2D eigenvalue weighted by molar-refractivity contribution is 7.98. The largest absolute Gasteiger partial charge is 0.494 e. The van der Waals surface area contributed by atoms with Gasteiger partial charge in [-0.3, -0.25) is 4.79 Å². The van der Waals surface area contributed by atoms with Gasteiger partial charge in [-0.2, -0.15) is 16.9 Å². The Balaban J connectivity index is 1.75. The molecule has 134 valence electrons. The second-order valence-corrected chi connectivity index (χ2v) is 8.14. The molecule has 0 atom stereocenters. The summed E-state index contributed by atoms with van der Waals surface area (Å²) in [4.78, 5) is 12.6. The maximum absolute atomic E-state index is 12.6. The number of nitrogens with zero attached hydrogens (tertiary/aromatic N) is 2. The quantitative estimate of drug-likeness (QED) is 0.878. The number of ether oxygens (including phenoxy) is 1. The van der Waals surface area contributed by atoms with E-state index in [0.717, 1.165) is 34.3 Å². The Kier molecular flexibility index (Phi) is 5.08. The molecule has 6 heteroatoms. The van der Waals surface area contributed by atoms with Gasteiger partial charge in [0.05, 0.1) is 24.3 Å². The zero-order chi connectivity index (χ0) is 18.0. The molecule has 0 bridgehead atoms. The zero-order valence-corrected chi connectivity index (χ0v) is 16.1. The second-order valence-electron chi connectivity index (χ2n) is 7.15. The highest BCUT2D eigenvalue weighted by Crippen LogP contribution is 2.37. The molecule has 0 saturated carbocycles. The first-order chi connectivity index (χ1) is 11.9.